The van der Waals surface area contributed by atoms with E-state index in [1.165, 1.54) is 18.3 Å². The molecule has 0 unspecified atom stereocenters. The zero-order chi connectivity index (χ0) is 11.5. The molecule has 2 nitrogen and oxygen atoms in total. The molecule has 82 valence electrons. The summed E-state index contributed by atoms with van der Waals surface area (Å²) in [5.74, 6) is -0.635. The highest BCUT2D eigenvalue weighted by Crippen LogP contribution is 2.22. The Hall–Kier alpha value is -1.10. The zero-order valence-corrected chi connectivity index (χ0v) is 8.27. The molecule has 0 saturated carbocycles. The van der Waals surface area contributed by atoms with Gasteiger partial charge in [0, 0.05) is 12.6 Å². The third kappa shape index (κ3) is 4.29. The molecule has 1 rings (SSSR count). The summed E-state index contributed by atoms with van der Waals surface area (Å²) in [6.45, 7) is 0. The highest BCUT2D eigenvalue weighted by atomic mass is 35.5. The van der Waals surface area contributed by atoms with E-state index in [1.807, 2.05) is 0 Å². The van der Waals surface area contributed by atoms with E-state index in [9.17, 15) is 18.0 Å². The van der Waals surface area contributed by atoms with Crippen LogP contribution >= 0.6 is 11.6 Å². The van der Waals surface area contributed by atoms with Crippen molar-refractivity contribution >= 4 is 17.4 Å². The van der Waals surface area contributed by atoms with Gasteiger partial charge in [0.25, 0.3) is 0 Å². The number of aromatic nitrogens is 1. The number of hydrogen-bond acceptors (Lipinski definition) is 2. The van der Waals surface area contributed by atoms with E-state index in [0.717, 1.165) is 0 Å². The van der Waals surface area contributed by atoms with Gasteiger partial charge in [-0.1, -0.05) is 11.6 Å². The van der Waals surface area contributed by atoms with Crippen molar-refractivity contribution in [2.45, 2.75) is 19.0 Å². The minimum Gasteiger partial charge on any atom is -0.292 e. The fraction of sp³-hybridized carbons (Fsp3) is 0.333. The summed E-state index contributed by atoms with van der Waals surface area (Å²) >= 11 is 5.51. The molecule has 0 N–H and O–H groups in total. The maximum absolute atomic E-state index is 11.8. The number of pyridine rings is 1. The molecule has 1 aromatic heterocycles. The molecule has 0 amide bonds. The van der Waals surface area contributed by atoms with Gasteiger partial charge in [-0.2, -0.15) is 13.2 Å². The third-order valence-electron chi connectivity index (χ3n) is 1.65. The van der Waals surface area contributed by atoms with Gasteiger partial charge in [-0.05, 0) is 12.1 Å². The minimum atomic E-state index is -4.32. The normalized spacial score (nSPS) is 11.5. The average molecular weight is 238 g/mol. The van der Waals surface area contributed by atoms with E-state index in [4.69, 9.17) is 11.6 Å². The lowest BCUT2D eigenvalue weighted by molar-refractivity contribution is -0.133. The Morgan fingerprint density at radius 1 is 1.40 bits per heavy atom. The van der Waals surface area contributed by atoms with Crippen molar-refractivity contribution in [2.24, 2.45) is 0 Å². The quantitative estimate of drug-likeness (QED) is 0.756. The highest BCUT2D eigenvalue weighted by Gasteiger charge is 2.28. The standard InChI is InChI=1S/C9H7ClF3NO/c10-6-1-2-7(14-5-6)8(15)3-4-9(11,12)13/h1-2,5H,3-4H2. The van der Waals surface area contributed by atoms with Crippen molar-refractivity contribution in [3.05, 3.63) is 29.0 Å². The van der Waals surface area contributed by atoms with Crippen LogP contribution in [0, 0.1) is 0 Å². The van der Waals surface area contributed by atoms with E-state index in [1.54, 1.807) is 0 Å². The number of Topliss-reactive ketones (excluding diaryl/α,β-unsaturated/α-hetero) is 1. The summed E-state index contributed by atoms with van der Waals surface area (Å²) in [4.78, 5) is 14.8. The maximum Gasteiger partial charge on any atom is 0.389 e. The fourth-order valence-corrected chi connectivity index (χ4v) is 1.04. The lowest BCUT2D eigenvalue weighted by Gasteiger charge is -2.04. The van der Waals surface area contributed by atoms with Gasteiger partial charge >= 0.3 is 6.18 Å². The minimum absolute atomic E-state index is 0.00338. The number of rotatable bonds is 3. The van der Waals surface area contributed by atoms with Crippen molar-refractivity contribution in [1.82, 2.24) is 4.98 Å². The first-order chi connectivity index (χ1) is 6.88. The molecule has 1 heterocycles. The molecule has 0 saturated heterocycles. The van der Waals surface area contributed by atoms with E-state index in [-0.39, 0.29) is 5.69 Å². The summed E-state index contributed by atoms with van der Waals surface area (Å²) in [7, 11) is 0. The van der Waals surface area contributed by atoms with Gasteiger partial charge in [-0.15, -0.1) is 0 Å². The number of ketones is 1. The highest BCUT2D eigenvalue weighted by molar-refractivity contribution is 6.30. The molecule has 0 aliphatic carbocycles. The van der Waals surface area contributed by atoms with Crippen LogP contribution in [0.25, 0.3) is 0 Å². The van der Waals surface area contributed by atoms with Crippen LogP contribution in [-0.2, 0) is 0 Å². The molecule has 0 aromatic carbocycles. The Morgan fingerprint density at radius 3 is 2.53 bits per heavy atom. The Labute approximate surface area is 89.1 Å². The van der Waals surface area contributed by atoms with Crippen molar-refractivity contribution in [3.63, 3.8) is 0 Å². The summed E-state index contributed by atoms with van der Waals surface area (Å²) < 4.78 is 35.4. The van der Waals surface area contributed by atoms with Crippen LogP contribution in [0.3, 0.4) is 0 Å². The Morgan fingerprint density at radius 2 is 2.07 bits per heavy atom. The predicted octanol–water partition coefficient (Wildman–Crippen LogP) is 3.26. The van der Waals surface area contributed by atoms with E-state index >= 15 is 0 Å². The molecule has 0 fully saturated rings. The number of hydrogen-bond donors (Lipinski definition) is 0. The smallest absolute Gasteiger partial charge is 0.292 e. The van der Waals surface area contributed by atoms with E-state index < -0.39 is 24.8 Å². The zero-order valence-electron chi connectivity index (χ0n) is 7.51. The first-order valence-corrected chi connectivity index (χ1v) is 4.48. The van der Waals surface area contributed by atoms with Crippen molar-refractivity contribution in [1.29, 1.82) is 0 Å². The monoisotopic (exact) mass is 237 g/mol. The Kier molecular flexibility index (Phi) is 3.68. The van der Waals surface area contributed by atoms with Crippen molar-refractivity contribution in [3.8, 4) is 0 Å². The van der Waals surface area contributed by atoms with Gasteiger partial charge in [0.1, 0.15) is 5.69 Å². The second-order valence-corrected chi connectivity index (χ2v) is 3.34. The van der Waals surface area contributed by atoms with Gasteiger partial charge < -0.3 is 0 Å². The summed E-state index contributed by atoms with van der Waals surface area (Å²) in [5.41, 5.74) is 0.00338. The molecule has 1 aromatic rings. The van der Waals surface area contributed by atoms with Crippen LogP contribution in [0.2, 0.25) is 5.02 Å². The van der Waals surface area contributed by atoms with Gasteiger partial charge in [-0.3, -0.25) is 9.78 Å². The van der Waals surface area contributed by atoms with Gasteiger partial charge in [-0.25, -0.2) is 0 Å². The lowest BCUT2D eigenvalue weighted by Crippen LogP contribution is -2.11. The summed E-state index contributed by atoms with van der Waals surface area (Å²) in [6, 6.07) is 2.72. The predicted molar refractivity (Wildman–Crippen MR) is 48.9 cm³/mol. The van der Waals surface area contributed by atoms with Crippen LogP contribution in [0.1, 0.15) is 23.3 Å². The van der Waals surface area contributed by atoms with Crippen LogP contribution in [-0.4, -0.2) is 16.9 Å². The van der Waals surface area contributed by atoms with Gasteiger partial charge in [0.15, 0.2) is 5.78 Å². The average Bonchev–Trinajstić information content (AvgIpc) is 2.14. The molecule has 0 aliphatic rings. The Balaban J connectivity index is 2.58. The largest absolute Gasteiger partial charge is 0.389 e. The molecule has 0 spiro atoms. The first kappa shape index (κ1) is 12.0. The van der Waals surface area contributed by atoms with Crippen LogP contribution in [0.5, 0.6) is 0 Å². The molecule has 15 heavy (non-hydrogen) atoms. The fourth-order valence-electron chi connectivity index (χ4n) is 0.924. The van der Waals surface area contributed by atoms with Crippen LogP contribution < -0.4 is 0 Å². The van der Waals surface area contributed by atoms with E-state index in [0.29, 0.717) is 5.02 Å². The number of halogens is 4. The second-order valence-electron chi connectivity index (χ2n) is 2.90. The molecule has 0 bridgehead atoms. The Bertz CT molecular complexity index is 347. The van der Waals surface area contributed by atoms with Gasteiger partial charge in [0.2, 0.25) is 0 Å². The van der Waals surface area contributed by atoms with Crippen molar-refractivity contribution in [2.75, 3.05) is 0 Å². The van der Waals surface area contributed by atoms with E-state index in [2.05, 4.69) is 4.98 Å². The topological polar surface area (TPSA) is 30.0 Å². The van der Waals surface area contributed by atoms with Crippen LogP contribution in [0.15, 0.2) is 18.3 Å². The summed E-state index contributed by atoms with van der Waals surface area (Å²) in [6.07, 6.45) is -4.81. The molecular formula is C9H7ClF3NO. The first-order valence-electron chi connectivity index (χ1n) is 4.10. The third-order valence-corrected chi connectivity index (χ3v) is 1.87. The molecule has 0 atom stereocenters. The molecule has 0 aliphatic heterocycles. The number of carbonyl (C=O) groups excluding carboxylic acids is 1. The number of carbonyl (C=O) groups is 1. The maximum atomic E-state index is 11.8. The number of nitrogens with zero attached hydrogens (tertiary/aromatic N) is 1. The molecule has 6 heteroatoms. The number of alkyl halides is 3. The lowest BCUT2D eigenvalue weighted by atomic mass is 10.1. The SMILES string of the molecule is O=C(CCC(F)(F)F)c1ccc(Cl)cn1. The molecule has 0 radical (unpaired) electrons. The summed E-state index contributed by atoms with van der Waals surface area (Å²) in [5, 5.41) is 0.336. The molecular weight excluding hydrogens is 231 g/mol. The van der Waals surface area contributed by atoms with Gasteiger partial charge in [0.05, 0.1) is 11.4 Å². The van der Waals surface area contributed by atoms with Crippen LogP contribution in [0.4, 0.5) is 13.2 Å². The van der Waals surface area contributed by atoms with Crippen molar-refractivity contribution < 1.29 is 18.0 Å². The second kappa shape index (κ2) is 4.61.